The van der Waals surface area contributed by atoms with Crippen LogP contribution < -0.4 is 10.1 Å². The molecule has 1 aliphatic heterocycles. The first-order valence-electron chi connectivity index (χ1n) is 5.84. The third kappa shape index (κ3) is 3.50. The average molecular weight is 350 g/mol. The minimum atomic E-state index is -2.99. The molecule has 1 N–H and O–H groups in total. The topological polar surface area (TPSA) is 87.8 Å². The standard InChI is InChI=1S/C11H10ClF2N5O2S/c1-11(16-18-19-17-11)15-9(20)5-3-4-6(21-10(13)14)8(22-2)7(5)12/h3-4,10H,1-2H3,(H,15,20). The number of carbonyl (C=O) groups excluding carboxylic acids is 1. The summed E-state index contributed by atoms with van der Waals surface area (Å²) in [5.41, 5.74) is 0.0751. The highest BCUT2D eigenvalue weighted by Crippen LogP contribution is 2.38. The molecule has 7 nitrogen and oxygen atoms in total. The van der Waals surface area contributed by atoms with E-state index in [0.29, 0.717) is 0 Å². The van der Waals surface area contributed by atoms with Crippen LogP contribution in [0, 0.1) is 0 Å². The van der Waals surface area contributed by atoms with Crippen LogP contribution in [-0.2, 0) is 0 Å². The number of nitrogens with one attached hydrogen (secondary N) is 1. The maximum Gasteiger partial charge on any atom is 0.387 e. The molecule has 0 fully saturated rings. The molecule has 0 aromatic heterocycles. The third-order valence-corrected chi connectivity index (χ3v) is 3.91. The van der Waals surface area contributed by atoms with Crippen molar-refractivity contribution in [2.45, 2.75) is 24.2 Å². The lowest BCUT2D eigenvalue weighted by atomic mass is 10.2. The molecular weight excluding hydrogens is 340 g/mol. The quantitative estimate of drug-likeness (QED) is 0.817. The Balaban J connectivity index is 2.30. The summed E-state index contributed by atoms with van der Waals surface area (Å²) in [7, 11) is 0. The Labute approximate surface area is 133 Å². The van der Waals surface area contributed by atoms with Crippen LogP contribution in [0.1, 0.15) is 17.3 Å². The second-order valence-electron chi connectivity index (χ2n) is 4.19. The van der Waals surface area contributed by atoms with E-state index in [4.69, 9.17) is 11.6 Å². The number of benzene rings is 1. The van der Waals surface area contributed by atoms with E-state index in [1.54, 1.807) is 6.26 Å². The minimum absolute atomic E-state index is 0.00127. The zero-order valence-corrected chi connectivity index (χ0v) is 13.0. The summed E-state index contributed by atoms with van der Waals surface area (Å²) in [5.74, 6) is -2.00. The first-order valence-corrected chi connectivity index (χ1v) is 7.44. The zero-order chi connectivity index (χ0) is 16.3. The first kappa shape index (κ1) is 16.6. The molecule has 0 radical (unpaired) electrons. The van der Waals surface area contributed by atoms with Gasteiger partial charge in [-0.05, 0) is 28.8 Å². The lowest BCUT2D eigenvalue weighted by Gasteiger charge is -2.17. The second kappa shape index (κ2) is 6.53. The van der Waals surface area contributed by atoms with E-state index >= 15 is 0 Å². The number of carbonyl (C=O) groups is 1. The fourth-order valence-electron chi connectivity index (χ4n) is 1.66. The lowest BCUT2D eigenvalue weighted by molar-refractivity contribution is -0.0516. The van der Waals surface area contributed by atoms with E-state index < -0.39 is 18.3 Å². The number of nitrogens with zero attached hydrogens (tertiary/aromatic N) is 4. The number of rotatable bonds is 5. The number of halogens is 3. The zero-order valence-electron chi connectivity index (χ0n) is 11.4. The fourth-order valence-corrected chi connectivity index (χ4v) is 2.74. The number of hydrogen-bond donors (Lipinski definition) is 1. The Morgan fingerprint density at radius 2 is 2.05 bits per heavy atom. The average Bonchev–Trinajstić information content (AvgIpc) is 2.84. The van der Waals surface area contributed by atoms with E-state index in [-0.39, 0.29) is 21.2 Å². The summed E-state index contributed by atoms with van der Waals surface area (Å²) in [6.45, 7) is -1.50. The summed E-state index contributed by atoms with van der Waals surface area (Å²) in [6.07, 6.45) is 1.63. The van der Waals surface area contributed by atoms with E-state index in [1.165, 1.54) is 19.1 Å². The highest BCUT2D eigenvalue weighted by molar-refractivity contribution is 7.98. The SMILES string of the molecule is CSc1c(OC(F)F)ccc(C(=O)NC2(C)N=NN=N2)c1Cl. The molecular formula is C11H10ClF2N5O2S. The number of alkyl halides is 2. The predicted molar refractivity (Wildman–Crippen MR) is 75.4 cm³/mol. The lowest BCUT2D eigenvalue weighted by Crippen LogP contribution is -2.41. The molecule has 1 amide bonds. The van der Waals surface area contributed by atoms with Crippen molar-refractivity contribution in [3.8, 4) is 5.75 Å². The van der Waals surface area contributed by atoms with Crippen molar-refractivity contribution in [1.29, 1.82) is 0 Å². The first-order chi connectivity index (χ1) is 10.4. The Morgan fingerprint density at radius 1 is 1.41 bits per heavy atom. The number of amides is 1. The number of thioether (sulfide) groups is 1. The van der Waals surface area contributed by atoms with Gasteiger partial charge in [-0.15, -0.1) is 22.0 Å². The van der Waals surface area contributed by atoms with Crippen LogP contribution in [0.5, 0.6) is 5.75 Å². The van der Waals surface area contributed by atoms with Gasteiger partial charge in [0.25, 0.3) is 11.7 Å². The maximum atomic E-state index is 12.3. The van der Waals surface area contributed by atoms with Crippen molar-refractivity contribution in [1.82, 2.24) is 5.32 Å². The molecule has 0 bridgehead atoms. The van der Waals surface area contributed by atoms with Gasteiger partial charge in [0.15, 0.2) is 0 Å². The van der Waals surface area contributed by atoms with E-state index in [0.717, 1.165) is 11.8 Å². The molecule has 1 aromatic rings. The summed E-state index contributed by atoms with van der Waals surface area (Å²) in [6, 6.07) is 2.53. The van der Waals surface area contributed by atoms with Crippen molar-refractivity contribution in [2.75, 3.05) is 6.26 Å². The summed E-state index contributed by atoms with van der Waals surface area (Å²) >= 11 is 7.19. The molecule has 0 saturated carbocycles. The molecule has 2 rings (SSSR count). The molecule has 22 heavy (non-hydrogen) atoms. The molecule has 0 saturated heterocycles. The maximum absolute atomic E-state index is 12.3. The van der Waals surface area contributed by atoms with E-state index in [9.17, 15) is 13.6 Å². The van der Waals surface area contributed by atoms with Crippen molar-refractivity contribution in [2.24, 2.45) is 20.7 Å². The van der Waals surface area contributed by atoms with Crippen molar-refractivity contribution in [3.63, 3.8) is 0 Å². The summed E-state index contributed by atoms with van der Waals surface area (Å²) in [4.78, 5) is 12.5. The van der Waals surface area contributed by atoms with Crippen LogP contribution in [0.3, 0.4) is 0 Å². The number of ether oxygens (including phenoxy) is 1. The molecule has 118 valence electrons. The minimum Gasteiger partial charge on any atom is -0.434 e. The molecule has 0 spiro atoms. The van der Waals surface area contributed by atoms with Gasteiger partial charge < -0.3 is 10.1 Å². The van der Waals surface area contributed by atoms with E-state index in [2.05, 4.69) is 30.7 Å². The highest BCUT2D eigenvalue weighted by Gasteiger charge is 2.30. The molecule has 0 unspecified atom stereocenters. The van der Waals surface area contributed by atoms with Gasteiger partial charge in [0.05, 0.1) is 15.5 Å². The Kier molecular flexibility index (Phi) is 4.91. The van der Waals surface area contributed by atoms with Gasteiger partial charge in [0, 0.05) is 6.92 Å². The van der Waals surface area contributed by atoms with Gasteiger partial charge in [-0.2, -0.15) is 8.78 Å². The molecule has 11 heteroatoms. The third-order valence-electron chi connectivity index (χ3n) is 2.60. The highest BCUT2D eigenvalue weighted by atomic mass is 35.5. The van der Waals surface area contributed by atoms with Crippen molar-refractivity contribution < 1.29 is 18.3 Å². The molecule has 1 aromatic carbocycles. The Hall–Kier alpha value is -1.81. The van der Waals surface area contributed by atoms with Gasteiger partial charge in [0.2, 0.25) is 0 Å². The molecule has 0 aliphatic carbocycles. The van der Waals surface area contributed by atoms with Gasteiger partial charge in [-0.25, -0.2) is 0 Å². The van der Waals surface area contributed by atoms with Crippen LogP contribution in [0.15, 0.2) is 37.7 Å². The van der Waals surface area contributed by atoms with Crippen LogP contribution in [0.4, 0.5) is 8.78 Å². The van der Waals surface area contributed by atoms with Gasteiger partial charge >= 0.3 is 6.61 Å². The summed E-state index contributed by atoms with van der Waals surface area (Å²) < 4.78 is 29.1. The fraction of sp³-hybridized carbons (Fsp3) is 0.364. The molecule has 1 heterocycles. The summed E-state index contributed by atoms with van der Waals surface area (Å²) in [5, 5.41) is 16.4. The largest absolute Gasteiger partial charge is 0.434 e. The monoisotopic (exact) mass is 349 g/mol. The van der Waals surface area contributed by atoms with E-state index in [1.807, 2.05) is 0 Å². The van der Waals surface area contributed by atoms with Crippen molar-refractivity contribution >= 4 is 29.3 Å². The van der Waals surface area contributed by atoms with Crippen LogP contribution in [0.2, 0.25) is 5.02 Å². The molecule has 1 aliphatic rings. The van der Waals surface area contributed by atoms with Gasteiger partial charge in [-0.3, -0.25) is 4.79 Å². The van der Waals surface area contributed by atoms with Crippen molar-refractivity contribution in [3.05, 3.63) is 22.7 Å². The van der Waals surface area contributed by atoms with Crippen LogP contribution in [0.25, 0.3) is 0 Å². The van der Waals surface area contributed by atoms with Gasteiger partial charge in [-0.1, -0.05) is 11.6 Å². The Bertz CT molecular complexity index is 644. The van der Waals surface area contributed by atoms with Crippen LogP contribution in [-0.4, -0.2) is 24.6 Å². The normalized spacial score (nSPS) is 15.4. The molecule has 0 atom stereocenters. The predicted octanol–water partition coefficient (Wildman–Crippen LogP) is 3.90. The smallest absolute Gasteiger partial charge is 0.387 e. The Morgan fingerprint density at radius 3 is 2.59 bits per heavy atom. The number of hydrogen-bond acceptors (Lipinski definition) is 7. The van der Waals surface area contributed by atoms with Crippen LogP contribution >= 0.6 is 23.4 Å². The second-order valence-corrected chi connectivity index (χ2v) is 5.39. The van der Waals surface area contributed by atoms with Gasteiger partial charge in [0.1, 0.15) is 5.75 Å².